The second-order valence-electron chi connectivity index (χ2n) is 9.04. The fourth-order valence-electron chi connectivity index (χ4n) is 4.12. The summed E-state index contributed by atoms with van der Waals surface area (Å²) in [5, 5.41) is 11.0. The largest absolute Gasteiger partial charge is 0.352 e. The SMILES string of the molecule is Cc1cc(Nc2cc(Nc3ccc(-c4cc(C)n(C)n4)cc3S(C)(=O)=O)c3nc(C)[nH]c3n2)nc(C)n1. The topological polar surface area (TPSA) is 143 Å². The molecule has 0 aliphatic carbocycles. The zero-order chi connectivity index (χ0) is 26.5. The van der Waals surface area contributed by atoms with Crippen LogP contribution in [0.4, 0.5) is 23.0 Å². The summed E-state index contributed by atoms with van der Waals surface area (Å²) in [4.78, 5) is 21.2. The van der Waals surface area contributed by atoms with E-state index in [1.807, 2.05) is 52.9 Å². The summed E-state index contributed by atoms with van der Waals surface area (Å²) >= 11 is 0. The van der Waals surface area contributed by atoms with Gasteiger partial charge in [-0.25, -0.2) is 28.4 Å². The second kappa shape index (κ2) is 8.96. The van der Waals surface area contributed by atoms with Crippen LogP contribution >= 0.6 is 0 Å². The number of hydrogen-bond acceptors (Lipinski definition) is 9. The first kappa shape index (κ1) is 24.4. The van der Waals surface area contributed by atoms with E-state index in [0.29, 0.717) is 57.1 Å². The van der Waals surface area contributed by atoms with Crippen molar-refractivity contribution in [2.75, 3.05) is 16.9 Å². The predicted octanol–water partition coefficient (Wildman–Crippen LogP) is 4.27. The fraction of sp³-hybridized carbons (Fsp3) is 0.240. The zero-order valence-electron chi connectivity index (χ0n) is 21.4. The van der Waals surface area contributed by atoms with Gasteiger partial charge in [0.25, 0.3) is 0 Å². The van der Waals surface area contributed by atoms with E-state index in [2.05, 4.69) is 40.7 Å². The third-order valence-electron chi connectivity index (χ3n) is 5.85. The molecule has 0 saturated carbocycles. The monoisotopic (exact) mass is 517 g/mol. The maximum absolute atomic E-state index is 12.8. The Balaban J connectivity index is 1.59. The molecule has 4 heterocycles. The van der Waals surface area contributed by atoms with Gasteiger partial charge in [-0.2, -0.15) is 5.10 Å². The maximum Gasteiger partial charge on any atom is 0.177 e. The molecule has 0 amide bonds. The average molecular weight is 518 g/mol. The minimum Gasteiger partial charge on any atom is -0.352 e. The number of nitrogens with zero attached hydrogens (tertiary/aromatic N) is 6. The van der Waals surface area contributed by atoms with Crippen molar-refractivity contribution in [3.63, 3.8) is 0 Å². The summed E-state index contributed by atoms with van der Waals surface area (Å²) in [6.45, 7) is 7.49. The predicted molar refractivity (Wildman–Crippen MR) is 143 cm³/mol. The van der Waals surface area contributed by atoms with Crippen LogP contribution < -0.4 is 10.6 Å². The lowest BCUT2D eigenvalue weighted by atomic mass is 10.1. The van der Waals surface area contributed by atoms with Gasteiger partial charge >= 0.3 is 0 Å². The van der Waals surface area contributed by atoms with E-state index in [-0.39, 0.29) is 4.90 Å². The molecule has 1 aromatic carbocycles. The van der Waals surface area contributed by atoms with Crippen LogP contribution in [-0.2, 0) is 16.9 Å². The third-order valence-corrected chi connectivity index (χ3v) is 6.99. The van der Waals surface area contributed by atoms with Crippen molar-refractivity contribution in [1.82, 2.24) is 34.7 Å². The Morgan fingerprint density at radius 1 is 0.865 bits per heavy atom. The molecule has 0 spiro atoms. The van der Waals surface area contributed by atoms with E-state index in [1.54, 1.807) is 22.9 Å². The average Bonchev–Trinajstić information content (AvgIpc) is 3.33. The number of pyridine rings is 1. The summed E-state index contributed by atoms with van der Waals surface area (Å²) in [7, 11) is -1.73. The molecule has 0 bridgehead atoms. The number of rotatable bonds is 6. The van der Waals surface area contributed by atoms with Crippen molar-refractivity contribution in [2.24, 2.45) is 7.05 Å². The Labute approximate surface area is 214 Å². The Bertz CT molecular complexity index is 1730. The number of imidazole rings is 1. The number of fused-ring (bicyclic) bond motifs is 1. The van der Waals surface area contributed by atoms with E-state index in [9.17, 15) is 8.42 Å². The fourth-order valence-corrected chi connectivity index (χ4v) is 4.98. The first-order valence-electron chi connectivity index (χ1n) is 11.5. The summed E-state index contributed by atoms with van der Waals surface area (Å²) in [5.74, 6) is 2.43. The molecule has 5 rings (SSSR count). The molecule has 0 fully saturated rings. The summed E-state index contributed by atoms with van der Waals surface area (Å²) in [6, 6.07) is 10.7. The van der Waals surface area contributed by atoms with Gasteiger partial charge in [-0.05, 0) is 45.9 Å². The second-order valence-corrected chi connectivity index (χ2v) is 11.0. The molecule has 0 atom stereocenters. The lowest BCUT2D eigenvalue weighted by molar-refractivity contribution is 0.602. The molecule has 12 heteroatoms. The minimum atomic E-state index is -3.58. The lowest BCUT2D eigenvalue weighted by Gasteiger charge is -2.14. The molecule has 3 N–H and O–H groups in total. The van der Waals surface area contributed by atoms with Gasteiger partial charge in [0.2, 0.25) is 0 Å². The van der Waals surface area contributed by atoms with E-state index < -0.39 is 9.84 Å². The molecule has 0 aliphatic heterocycles. The normalized spacial score (nSPS) is 11.7. The first-order valence-corrected chi connectivity index (χ1v) is 13.4. The van der Waals surface area contributed by atoms with Gasteiger partial charge in [0.15, 0.2) is 15.5 Å². The molecule has 37 heavy (non-hydrogen) atoms. The van der Waals surface area contributed by atoms with Gasteiger partial charge in [0, 0.05) is 42.4 Å². The Morgan fingerprint density at radius 2 is 1.62 bits per heavy atom. The Hall–Kier alpha value is -4.32. The molecular weight excluding hydrogens is 490 g/mol. The van der Waals surface area contributed by atoms with Crippen LogP contribution in [0.2, 0.25) is 0 Å². The molecule has 4 aromatic heterocycles. The zero-order valence-corrected chi connectivity index (χ0v) is 22.2. The quantitative estimate of drug-likeness (QED) is 0.301. The molecule has 0 aliphatic rings. The number of aromatic amines is 1. The number of hydrogen-bond donors (Lipinski definition) is 3. The number of aryl methyl sites for hydroxylation is 5. The first-order chi connectivity index (χ1) is 17.5. The molecular formula is C25H27N9O2S. The minimum absolute atomic E-state index is 0.155. The van der Waals surface area contributed by atoms with Crippen molar-refractivity contribution in [1.29, 1.82) is 0 Å². The van der Waals surface area contributed by atoms with Gasteiger partial charge in [-0.1, -0.05) is 6.07 Å². The van der Waals surface area contributed by atoms with Crippen LogP contribution in [-0.4, -0.2) is 49.4 Å². The highest BCUT2D eigenvalue weighted by molar-refractivity contribution is 7.90. The van der Waals surface area contributed by atoms with Gasteiger partial charge in [-0.3, -0.25) is 4.68 Å². The van der Waals surface area contributed by atoms with E-state index >= 15 is 0 Å². The van der Waals surface area contributed by atoms with E-state index in [0.717, 1.165) is 11.4 Å². The van der Waals surface area contributed by atoms with Crippen LogP contribution in [0, 0.1) is 27.7 Å². The van der Waals surface area contributed by atoms with Crippen molar-refractivity contribution >= 4 is 44.0 Å². The van der Waals surface area contributed by atoms with E-state index in [1.165, 1.54) is 6.26 Å². The Kier molecular flexibility index (Phi) is 5.91. The van der Waals surface area contributed by atoms with Crippen molar-refractivity contribution < 1.29 is 8.42 Å². The van der Waals surface area contributed by atoms with Gasteiger partial charge in [0.1, 0.15) is 28.8 Å². The highest BCUT2D eigenvalue weighted by atomic mass is 32.2. The highest BCUT2D eigenvalue weighted by Crippen LogP contribution is 2.33. The highest BCUT2D eigenvalue weighted by Gasteiger charge is 2.19. The lowest BCUT2D eigenvalue weighted by Crippen LogP contribution is -2.05. The van der Waals surface area contributed by atoms with Crippen LogP contribution in [0.1, 0.15) is 23.0 Å². The molecule has 0 saturated heterocycles. The van der Waals surface area contributed by atoms with Gasteiger partial charge in [-0.15, -0.1) is 0 Å². The van der Waals surface area contributed by atoms with Crippen LogP contribution in [0.5, 0.6) is 0 Å². The summed E-state index contributed by atoms with van der Waals surface area (Å²) in [6.07, 6.45) is 1.19. The summed E-state index contributed by atoms with van der Waals surface area (Å²) < 4.78 is 27.4. The van der Waals surface area contributed by atoms with Crippen LogP contribution in [0.15, 0.2) is 41.3 Å². The number of benzene rings is 1. The standard InChI is InChI=1S/C25H27N9O2S/c1-13-9-22(27-15(3)26-13)31-23-12-20(24-25(32-23)29-16(4)28-24)30-18-8-7-17(11-21(18)37(6,35)36)19-10-14(2)34(5)33-19/h7-12H,1-6H3,(H3,26,27,28,29,30,31,32). The molecule has 0 unspecified atom stereocenters. The number of aromatic nitrogens is 7. The van der Waals surface area contributed by atoms with Gasteiger partial charge < -0.3 is 15.6 Å². The number of sulfone groups is 1. The van der Waals surface area contributed by atoms with Crippen molar-refractivity contribution in [3.05, 3.63) is 59.4 Å². The molecule has 0 radical (unpaired) electrons. The van der Waals surface area contributed by atoms with Crippen LogP contribution in [0.25, 0.3) is 22.4 Å². The third kappa shape index (κ3) is 5.00. The molecule has 5 aromatic rings. The van der Waals surface area contributed by atoms with Crippen molar-refractivity contribution in [3.8, 4) is 11.3 Å². The maximum atomic E-state index is 12.8. The van der Waals surface area contributed by atoms with Crippen LogP contribution in [0.3, 0.4) is 0 Å². The Morgan fingerprint density at radius 3 is 2.30 bits per heavy atom. The van der Waals surface area contributed by atoms with E-state index in [4.69, 9.17) is 0 Å². The van der Waals surface area contributed by atoms with Gasteiger partial charge in [0.05, 0.1) is 22.0 Å². The number of H-pyrrole nitrogens is 1. The molecule has 11 nitrogen and oxygen atoms in total. The number of nitrogens with one attached hydrogen (secondary N) is 3. The summed E-state index contributed by atoms with van der Waals surface area (Å²) in [5.41, 5.74) is 5.36. The smallest absolute Gasteiger partial charge is 0.177 e. The van der Waals surface area contributed by atoms with Crippen molar-refractivity contribution in [2.45, 2.75) is 32.6 Å². The molecule has 190 valence electrons. The number of anilines is 4.